The first kappa shape index (κ1) is 14.8. The number of hydrogen-bond acceptors (Lipinski definition) is 6. The van der Waals surface area contributed by atoms with E-state index in [1.54, 1.807) is 0 Å². The summed E-state index contributed by atoms with van der Waals surface area (Å²) < 4.78 is 9.56. The lowest BCUT2D eigenvalue weighted by molar-refractivity contribution is -0.386. The predicted octanol–water partition coefficient (Wildman–Crippen LogP) is 1.51. The fraction of sp³-hybridized carbons (Fsp3) is 0.300. The first-order chi connectivity index (χ1) is 8.52. The average molecular weight is 291 g/mol. The van der Waals surface area contributed by atoms with Gasteiger partial charge in [-0.3, -0.25) is 10.1 Å². The maximum Gasteiger partial charge on any atom is 0.407 e. The van der Waals surface area contributed by atoms with E-state index >= 15 is 0 Å². The van der Waals surface area contributed by atoms with Gasteiger partial charge in [0.1, 0.15) is 6.61 Å². The van der Waals surface area contributed by atoms with Gasteiger partial charge >= 0.3 is 11.8 Å². The number of hydrogen-bond donors (Lipinski definition) is 2. The molecule has 1 aliphatic heterocycles. The minimum atomic E-state index is -0.723. The summed E-state index contributed by atoms with van der Waals surface area (Å²) in [5.74, 6) is -0.572. The number of alkyl carbamates (subject to hydrolysis) is 1. The van der Waals surface area contributed by atoms with Gasteiger partial charge in [-0.25, -0.2) is 4.79 Å². The number of amides is 1. The molecule has 19 heavy (non-hydrogen) atoms. The van der Waals surface area contributed by atoms with Crippen LogP contribution in [0.4, 0.5) is 10.5 Å². The lowest BCUT2D eigenvalue weighted by Crippen LogP contribution is -2.18. The topological polar surface area (TPSA) is 111 Å². The molecule has 1 fully saturated rings. The molecule has 1 aromatic carbocycles. The van der Waals surface area contributed by atoms with Crippen LogP contribution in [-0.2, 0) is 4.74 Å². The van der Waals surface area contributed by atoms with E-state index in [1.165, 1.54) is 19.2 Å². The number of nitro groups is 1. The summed E-state index contributed by atoms with van der Waals surface area (Å²) in [4.78, 5) is 21.0. The maximum atomic E-state index is 10.9. The third-order valence-electron chi connectivity index (χ3n) is 2.57. The third-order valence-corrected chi connectivity index (χ3v) is 2.57. The van der Waals surface area contributed by atoms with E-state index in [1.807, 2.05) is 0 Å². The molecule has 1 aliphatic rings. The quantitative estimate of drug-likeness (QED) is 0.645. The van der Waals surface area contributed by atoms with Crippen molar-refractivity contribution in [2.75, 3.05) is 13.7 Å². The van der Waals surface area contributed by atoms with Gasteiger partial charge in [-0.1, -0.05) is 0 Å². The van der Waals surface area contributed by atoms with Gasteiger partial charge in [0.2, 0.25) is 5.75 Å². The zero-order chi connectivity index (χ0) is 13.3. The average Bonchev–Trinajstić information content (AvgIpc) is 2.76. The van der Waals surface area contributed by atoms with Crippen LogP contribution < -0.4 is 10.1 Å². The molecular weight excluding hydrogens is 280 g/mol. The van der Waals surface area contributed by atoms with Crippen molar-refractivity contribution < 1.29 is 24.3 Å². The second-order valence-electron chi connectivity index (χ2n) is 3.64. The lowest BCUT2D eigenvalue weighted by atomic mass is 10.1. The molecule has 2 N–H and O–H groups in total. The first-order valence-corrected chi connectivity index (χ1v) is 5.01. The van der Waals surface area contributed by atoms with Crippen LogP contribution in [0, 0.1) is 10.1 Å². The maximum absolute atomic E-state index is 10.9. The monoisotopic (exact) mass is 290 g/mol. The number of rotatable bonds is 3. The van der Waals surface area contributed by atoms with Crippen LogP contribution in [0.5, 0.6) is 11.5 Å². The van der Waals surface area contributed by atoms with E-state index in [0.717, 1.165) is 0 Å². The highest BCUT2D eigenvalue weighted by molar-refractivity contribution is 5.85. The Morgan fingerprint density at radius 2 is 2.26 bits per heavy atom. The standard InChI is InChI=1S/C10H10N2O6.ClH/c1-17-8-3-5(6-4-18-10(14)11-6)2-7(9(8)13)12(15)16;/h2-3,6,13H,4H2,1H3,(H,11,14);1H/t6-;/m0./s1. The van der Waals surface area contributed by atoms with E-state index in [9.17, 15) is 20.0 Å². The second-order valence-corrected chi connectivity index (χ2v) is 3.64. The molecule has 1 amide bonds. The van der Waals surface area contributed by atoms with E-state index < -0.39 is 28.5 Å². The Balaban J connectivity index is 0.00000180. The van der Waals surface area contributed by atoms with Crippen LogP contribution in [-0.4, -0.2) is 29.8 Å². The minimum absolute atomic E-state index is 0. The number of halogens is 1. The van der Waals surface area contributed by atoms with Crippen molar-refractivity contribution in [2.24, 2.45) is 0 Å². The molecule has 0 aliphatic carbocycles. The molecule has 0 saturated carbocycles. The van der Waals surface area contributed by atoms with E-state index in [0.29, 0.717) is 5.56 Å². The summed E-state index contributed by atoms with van der Waals surface area (Å²) >= 11 is 0. The molecule has 0 radical (unpaired) electrons. The number of carbonyl (C=O) groups excluding carboxylic acids is 1. The Morgan fingerprint density at radius 1 is 1.58 bits per heavy atom. The van der Waals surface area contributed by atoms with Crippen LogP contribution in [0.1, 0.15) is 11.6 Å². The number of carbonyl (C=O) groups is 1. The molecule has 1 aromatic rings. The highest BCUT2D eigenvalue weighted by Crippen LogP contribution is 2.38. The number of methoxy groups -OCH3 is 1. The second kappa shape index (κ2) is 5.61. The zero-order valence-corrected chi connectivity index (χ0v) is 10.6. The third kappa shape index (κ3) is 2.79. The Kier molecular flexibility index (Phi) is 4.38. The van der Waals surface area contributed by atoms with Crippen molar-refractivity contribution in [1.29, 1.82) is 0 Å². The number of nitrogens with one attached hydrogen (secondary N) is 1. The molecule has 8 nitrogen and oxygen atoms in total. The Labute approximate surface area is 113 Å². The van der Waals surface area contributed by atoms with Gasteiger partial charge in [-0.2, -0.15) is 0 Å². The molecule has 9 heteroatoms. The van der Waals surface area contributed by atoms with Crippen molar-refractivity contribution in [1.82, 2.24) is 5.32 Å². The van der Waals surface area contributed by atoms with Gasteiger partial charge in [0.15, 0.2) is 5.75 Å². The summed E-state index contributed by atoms with van der Waals surface area (Å²) in [5.41, 5.74) is -0.0484. The fourth-order valence-electron chi connectivity index (χ4n) is 1.67. The van der Waals surface area contributed by atoms with Crippen LogP contribution in [0.3, 0.4) is 0 Å². The molecule has 0 aromatic heterocycles. The number of benzene rings is 1. The van der Waals surface area contributed by atoms with Crippen molar-refractivity contribution in [2.45, 2.75) is 6.04 Å². The zero-order valence-electron chi connectivity index (χ0n) is 9.78. The normalized spacial score (nSPS) is 17.1. The fourth-order valence-corrected chi connectivity index (χ4v) is 1.67. The summed E-state index contributed by atoms with van der Waals surface area (Å²) in [6, 6.07) is 2.10. The van der Waals surface area contributed by atoms with Gasteiger partial charge in [-0.15, -0.1) is 12.4 Å². The number of nitro benzene ring substituents is 1. The molecule has 1 heterocycles. The summed E-state index contributed by atoms with van der Waals surface area (Å²) in [6.45, 7) is 0.0733. The van der Waals surface area contributed by atoms with Gasteiger partial charge in [0.25, 0.3) is 0 Å². The molecule has 0 unspecified atom stereocenters. The van der Waals surface area contributed by atoms with E-state index in [4.69, 9.17) is 9.47 Å². The van der Waals surface area contributed by atoms with Crippen LogP contribution in [0.15, 0.2) is 12.1 Å². The largest absolute Gasteiger partial charge is 0.500 e. The van der Waals surface area contributed by atoms with Crippen molar-refractivity contribution in [3.63, 3.8) is 0 Å². The highest BCUT2D eigenvalue weighted by atomic mass is 35.5. The van der Waals surface area contributed by atoms with Crippen molar-refractivity contribution in [3.8, 4) is 11.5 Å². The van der Waals surface area contributed by atoms with Gasteiger partial charge < -0.3 is 19.9 Å². The Morgan fingerprint density at radius 3 is 2.74 bits per heavy atom. The smallest absolute Gasteiger partial charge is 0.407 e. The van der Waals surface area contributed by atoms with Gasteiger partial charge in [0, 0.05) is 6.07 Å². The van der Waals surface area contributed by atoms with Crippen LogP contribution in [0.2, 0.25) is 0 Å². The predicted molar refractivity (Wildman–Crippen MR) is 65.8 cm³/mol. The van der Waals surface area contributed by atoms with Crippen molar-refractivity contribution >= 4 is 24.2 Å². The van der Waals surface area contributed by atoms with E-state index in [-0.39, 0.29) is 24.8 Å². The number of aromatic hydroxyl groups is 1. The highest BCUT2D eigenvalue weighted by Gasteiger charge is 2.28. The minimum Gasteiger partial charge on any atom is -0.500 e. The summed E-state index contributed by atoms with van der Waals surface area (Å²) in [6.07, 6.45) is -0.588. The first-order valence-electron chi connectivity index (χ1n) is 5.01. The lowest BCUT2D eigenvalue weighted by Gasteiger charge is -2.11. The molecule has 2 rings (SSSR count). The summed E-state index contributed by atoms with van der Waals surface area (Å²) in [7, 11) is 1.28. The molecule has 0 bridgehead atoms. The number of cyclic esters (lactones) is 1. The number of phenols is 1. The van der Waals surface area contributed by atoms with Crippen LogP contribution in [0.25, 0.3) is 0 Å². The SMILES string of the molecule is COc1cc([C@@H]2COC(=O)N2)cc([N+](=O)[O-])c1O.Cl. The van der Waals surface area contributed by atoms with E-state index in [2.05, 4.69) is 5.32 Å². The molecule has 1 saturated heterocycles. The number of phenolic OH excluding ortho intramolecular Hbond substituents is 1. The number of ether oxygens (including phenoxy) is 2. The Bertz CT molecular complexity index is 521. The summed E-state index contributed by atoms with van der Waals surface area (Å²) in [5, 5.41) is 22.9. The van der Waals surface area contributed by atoms with Crippen molar-refractivity contribution in [3.05, 3.63) is 27.8 Å². The molecular formula is C10H11ClN2O6. The number of nitrogens with zero attached hydrogens (tertiary/aromatic N) is 1. The molecule has 0 spiro atoms. The molecule has 104 valence electrons. The van der Waals surface area contributed by atoms with Gasteiger partial charge in [-0.05, 0) is 11.6 Å². The Hall–Kier alpha value is -2.22. The van der Waals surface area contributed by atoms with Crippen LogP contribution >= 0.6 is 12.4 Å². The molecule has 1 atom stereocenters. The van der Waals surface area contributed by atoms with Gasteiger partial charge in [0.05, 0.1) is 18.1 Å².